The quantitative estimate of drug-likeness (QED) is 0.904. The molecule has 2 unspecified atom stereocenters. The highest BCUT2D eigenvalue weighted by atomic mass is 79.9. The molecule has 1 aromatic carbocycles. The Kier molecular flexibility index (Phi) is 4.79. The molecule has 0 aromatic heterocycles. The highest BCUT2D eigenvalue weighted by molar-refractivity contribution is 9.10. The van der Waals surface area contributed by atoms with Gasteiger partial charge < -0.3 is 5.32 Å². The van der Waals surface area contributed by atoms with Crippen molar-refractivity contribution in [2.75, 3.05) is 19.6 Å². The Balaban J connectivity index is 1.62. The summed E-state index contributed by atoms with van der Waals surface area (Å²) in [5, 5.41) is 3.69. The van der Waals surface area contributed by atoms with Gasteiger partial charge in [-0.2, -0.15) is 0 Å². The van der Waals surface area contributed by atoms with E-state index in [1.54, 1.807) is 0 Å². The molecular formula is C17H25BrN2. The Morgan fingerprint density at radius 3 is 2.95 bits per heavy atom. The Morgan fingerprint density at radius 2 is 2.20 bits per heavy atom. The molecule has 0 amide bonds. The lowest BCUT2D eigenvalue weighted by atomic mass is 9.89. The lowest BCUT2D eigenvalue weighted by Gasteiger charge is -2.36. The zero-order valence-electron chi connectivity index (χ0n) is 12.4. The number of halogens is 1. The van der Waals surface area contributed by atoms with E-state index in [2.05, 4.69) is 51.3 Å². The maximum absolute atomic E-state index is 3.72. The van der Waals surface area contributed by atoms with Gasteiger partial charge in [-0.15, -0.1) is 0 Å². The van der Waals surface area contributed by atoms with E-state index in [0.29, 0.717) is 0 Å². The van der Waals surface area contributed by atoms with Crippen LogP contribution in [0.25, 0.3) is 0 Å². The van der Waals surface area contributed by atoms with Gasteiger partial charge in [0.2, 0.25) is 0 Å². The first-order chi connectivity index (χ1) is 9.72. The van der Waals surface area contributed by atoms with Gasteiger partial charge in [-0.25, -0.2) is 0 Å². The molecule has 0 radical (unpaired) electrons. The van der Waals surface area contributed by atoms with Crippen molar-refractivity contribution >= 4 is 15.9 Å². The first-order valence-electron chi connectivity index (χ1n) is 7.93. The second-order valence-corrected chi connectivity index (χ2v) is 7.29. The predicted molar refractivity (Wildman–Crippen MR) is 87.9 cm³/mol. The van der Waals surface area contributed by atoms with Gasteiger partial charge in [0.05, 0.1) is 0 Å². The van der Waals surface area contributed by atoms with Crippen LogP contribution in [0.3, 0.4) is 0 Å². The second-order valence-electron chi connectivity index (χ2n) is 6.44. The summed E-state index contributed by atoms with van der Waals surface area (Å²) < 4.78 is 1.26. The first kappa shape index (κ1) is 14.6. The van der Waals surface area contributed by atoms with Crippen LogP contribution in [0.5, 0.6) is 0 Å². The van der Waals surface area contributed by atoms with Crippen molar-refractivity contribution in [3.05, 3.63) is 33.8 Å². The van der Waals surface area contributed by atoms with E-state index in [4.69, 9.17) is 0 Å². The van der Waals surface area contributed by atoms with Crippen LogP contribution in [0.4, 0.5) is 0 Å². The molecule has 110 valence electrons. The van der Waals surface area contributed by atoms with Crippen LogP contribution in [-0.2, 0) is 6.54 Å². The highest BCUT2D eigenvalue weighted by Crippen LogP contribution is 2.27. The largest absolute Gasteiger partial charge is 0.314 e. The maximum Gasteiger partial charge on any atom is 0.0245 e. The summed E-state index contributed by atoms with van der Waals surface area (Å²) in [6.45, 7) is 6.98. The van der Waals surface area contributed by atoms with Gasteiger partial charge in [-0.1, -0.05) is 28.1 Å². The predicted octanol–water partition coefficient (Wildman–Crippen LogP) is 3.72. The van der Waals surface area contributed by atoms with Gasteiger partial charge in [0.15, 0.2) is 0 Å². The van der Waals surface area contributed by atoms with Crippen molar-refractivity contribution in [1.82, 2.24) is 10.2 Å². The summed E-state index contributed by atoms with van der Waals surface area (Å²) in [5.41, 5.74) is 2.75. The van der Waals surface area contributed by atoms with Crippen molar-refractivity contribution in [3.63, 3.8) is 0 Å². The number of hydrogen-bond acceptors (Lipinski definition) is 2. The third-order valence-corrected chi connectivity index (χ3v) is 5.55. The van der Waals surface area contributed by atoms with Gasteiger partial charge >= 0.3 is 0 Å². The van der Waals surface area contributed by atoms with Gasteiger partial charge in [-0.05, 0) is 68.8 Å². The fourth-order valence-electron chi connectivity index (χ4n) is 3.70. The molecule has 3 rings (SSSR count). The second kappa shape index (κ2) is 6.59. The number of rotatable bonds is 3. The molecule has 2 nitrogen and oxygen atoms in total. The van der Waals surface area contributed by atoms with Gasteiger partial charge in [0.1, 0.15) is 0 Å². The summed E-state index contributed by atoms with van der Waals surface area (Å²) in [4.78, 5) is 2.64. The van der Waals surface area contributed by atoms with Crippen molar-refractivity contribution in [3.8, 4) is 0 Å². The van der Waals surface area contributed by atoms with E-state index in [0.717, 1.165) is 18.5 Å². The zero-order valence-corrected chi connectivity index (χ0v) is 14.0. The fourth-order valence-corrected chi connectivity index (χ4v) is 4.32. The van der Waals surface area contributed by atoms with Crippen molar-refractivity contribution in [2.45, 2.75) is 45.2 Å². The number of aryl methyl sites for hydroxylation is 1. The number of nitrogens with one attached hydrogen (secondary N) is 1. The normalized spacial score (nSPS) is 27.9. The minimum absolute atomic E-state index is 0.777. The minimum Gasteiger partial charge on any atom is -0.314 e. The molecule has 1 N–H and O–H groups in total. The van der Waals surface area contributed by atoms with E-state index in [9.17, 15) is 0 Å². The molecule has 2 aliphatic rings. The summed E-state index contributed by atoms with van der Waals surface area (Å²) in [5.74, 6) is 0.857. The topological polar surface area (TPSA) is 15.3 Å². The number of hydrogen-bond donors (Lipinski definition) is 1. The van der Waals surface area contributed by atoms with E-state index < -0.39 is 0 Å². The molecule has 3 heteroatoms. The molecule has 0 saturated carbocycles. The Hall–Kier alpha value is -0.380. The van der Waals surface area contributed by atoms with E-state index in [1.165, 1.54) is 60.9 Å². The third-order valence-electron chi connectivity index (χ3n) is 4.81. The van der Waals surface area contributed by atoms with Crippen LogP contribution >= 0.6 is 15.9 Å². The van der Waals surface area contributed by atoms with Gasteiger partial charge in [0, 0.05) is 23.6 Å². The standard InChI is InChI=1S/C17H25BrN2/c1-13-6-7-14(16(18)10-13)11-20-9-3-4-15(12-20)17-5-2-8-19-17/h6-7,10,15,17,19H,2-5,8-9,11-12H2,1H3. The fraction of sp³-hybridized carbons (Fsp3) is 0.647. The average Bonchev–Trinajstić information content (AvgIpc) is 2.96. The third kappa shape index (κ3) is 3.44. The maximum atomic E-state index is 3.72. The molecular weight excluding hydrogens is 312 g/mol. The molecule has 0 spiro atoms. The summed E-state index contributed by atoms with van der Waals surface area (Å²) in [7, 11) is 0. The van der Waals surface area contributed by atoms with Crippen LogP contribution in [0.2, 0.25) is 0 Å². The molecule has 1 aromatic rings. The zero-order chi connectivity index (χ0) is 13.9. The number of nitrogens with zero attached hydrogens (tertiary/aromatic N) is 1. The molecule has 20 heavy (non-hydrogen) atoms. The summed E-state index contributed by atoms with van der Waals surface area (Å²) in [6.07, 6.45) is 5.51. The molecule has 0 bridgehead atoms. The Bertz CT molecular complexity index is 454. The number of likely N-dealkylation sites (tertiary alicyclic amines) is 1. The molecule has 2 saturated heterocycles. The van der Waals surface area contributed by atoms with Crippen LogP contribution in [0, 0.1) is 12.8 Å². The highest BCUT2D eigenvalue weighted by Gasteiger charge is 2.29. The summed E-state index contributed by atoms with van der Waals surface area (Å²) in [6, 6.07) is 7.51. The lowest BCUT2D eigenvalue weighted by Crippen LogP contribution is -2.43. The van der Waals surface area contributed by atoms with E-state index in [1.807, 2.05) is 0 Å². The molecule has 2 heterocycles. The molecule has 0 aliphatic carbocycles. The van der Waals surface area contributed by atoms with E-state index in [-0.39, 0.29) is 0 Å². The average molecular weight is 337 g/mol. The summed E-state index contributed by atoms with van der Waals surface area (Å²) >= 11 is 3.72. The van der Waals surface area contributed by atoms with Crippen LogP contribution in [-0.4, -0.2) is 30.6 Å². The van der Waals surface area contributed by atoms with Crippen molar-refractivity contribution in [1.29, 1.82) is 0 Å². The Morgan fingerprint density at radius 1 is 1.30 bits per heavy atom. The smallest absolute Gasteiger partial charge is 0.0245 e. The number of benzene rings is 1. The monoisotopic (exact) mass is 336 g/mol. The first-order valence-corrected chi connectivity index (χ1v) is 8.72. The molecule has 2 fully saturated rings. The minimum atomic E-state index is 0.777. The molecule has 2 aliphatic heterocycles. The van der Waals surface area contributed by atoms with E-state index >= 15 is 0 Å². The van der Waals surface area contributed by atoms with Crippen LogP contribution in [0.1, 0.15) is 36.8 Å². The Labute approximate surface area is 131 Å². The van der Waals surface area contributed by atoms with Crippen LogP contribution in [0.15, 0.2) is 22.7 Å². The van der Waals surface area contributed by atoms with Crippen molar-refractivity contribution in [2.24, 2.45) is 5.92 Å². The van der Waals surface area contributed by atoms with Crippen LogP contribution < -0.4 is 5.32 Å². The SMILES string of the molecule is Cc1ccc(CN2CCCC(C3CCCN3)C2)c(Br)c1. The van der Waals surface area contributed by atoms with Gasteiger partial charge in [-0.3, -0.25) is 4.90 Å². The molecule has 2 atom stereocenters. The lowest BCUT2D eigenvalue weighted by molar-refractivity contribution is 0.145. The number of piperidine rings is 1. The van der Waals surface area contributed by atoms with Crippen molar-refractivity contribution < 1.29 is 0 Å². The van der Waals surface area contributed by atoms with Gasteiger partial charge in [0.25, 0.3) is 0 Å².